The normalized spacial score (nSPS) is 15.3. The Bertz CT molecular complexity index is 1190. The van der Waals surface area contributed by atoms with Crippen LogP contribution in [-0.4, -0.2) is 54.3 Å². The fourth-order valence-corrected chi connectivity index (χ4v) is 5.85. The Labute approximate surface area is 187 Å². The van der Waals surface area contributed by atoms with Gasteiger partial charge in [0.15, 0.2) is 0 Å². The molecule has 1 fully saturated rings. The Hall–Kier alpha value is -2.61. The first-order valence-electron chi connectivity index (χ1n) is 10.1. The highest BCUT2D eigenvalue weighted by Gasteiger charge is 2.31. The van der Waals surface area contributed by atoms with Crippen LogP contribution in [0, 0.1) is 13.8 Å². The number of carbonyl (C=O) groups excluding carboxylic acids is 1. The van der Waals surface area contributed by atoms with Crippen molar-refractivity contribution in [3.8, 4) is 5.69 Å². The molecular formula is C23H24ClN3O3S. The molecule has 2 aromatic carbocycles. The summed E-state index contributed by atoms with van der Waals surface area (Å²) in [5, 5.41) is 0.203. The number of rotatable bonds is 4. The Morgan fingerprint density at radius 3 is 2.00 bits per heavy atom. The van der Waals surface area contributed by atoms with Crippen molar-refractivity contribution in [3.63, 3.8) is 0 Å². The third kappa shape index (κ3) is 4.13. The van der Waals surface area contributed by atoms with Crippen LogP contribution in [0.25, 0.3) is 5.69 Å². The van der Waals surface area contributed by atoms with Crippen molar-refractivity contribution in [3.05, 3.63) is 82.6 Å². The van der Waals surface area contributed by atoms with Gasteiger partial charge in [-0.15, -0.1) is 0 Å². The topological polar surface area (TPSA) is 62.6 Å². The fourth-order valence-electron chi connectivity index (χ4n) is 3.94. The van der Waals surface area contributed by atoms with Gasteiger partial charge >= 0.3 is 0 Å². The molecule has 1 saturated heterocycles. The summed E-state index contributed by atoms with van der Waals surface area (Å²) in [5.74, 6) is -0.0951. The van der Waals surface area contributed by atoms with Gasteiger partial charge in [-0.25, -0.2) is 8.42 Å². The molecule has 0 bridgehead atoms. The van der Waals surface area contributed by atoms with E-state index in [0.29, 0.717) is 18.7 Å². The van der Waals surface area contributed by atoms with Gasteiger partial charge in [0, 0.05) is 48.8 Å². The van der Waals surface area contributed by atoms with Crippen LogP contribution in [0.1, 0.15) is 21.7 Å². The maximum atomic E-state index is 12.9. The van der Waals surface area contributed by atoms with Crippen LogP contribution in [-0.2, 0) is 10.0 Å². The molecule has 2 heterocycles. The Balaban J connectivity index is 1.44. The van der Waals surface area contributed by atoms with E-state index in [1.807, 2.05) is 38.1 Å². The lowest BCUT2D eigenvalue weighted by molar-refractivity contribution is 0.0698. The van der Waals surface area contributed by atoms with E-state index in [-0.39, 0.29) is 28.9 Å². The quantitative estimate of drug-likeness (QED) is 0.597. The number of benzene rings is 2. The number of piperazine rings is 1. The molecule has 0 unspecified atom stereocenters. The van der Waals surface area contributed by atoms with Crippen molar-refractivity contribution in [2.75, 3.05) is 26.2 Å². The van der Waals surface area contributed by atoms with Crippen LogP contribution in [0.15, 0.2) is 65.6 Å². The molecule has 1 aliphatic rings. The molecule has 162 valence electrons. The molecule has 1 aromatic heterocycles. The highest BCUT2D eigenvalue weighted by Crippen LogP contribution is 2.25. The van der Waals surface area contributed by atoms with Crippen LogP contribution >= 0.6 is 11.6 Å². The number of hydrogen-bond donors (Lipinski definition) is 0. The van der Waals surface area contributed by atoms with Crippen molar-refractivity contribution in [2.24, 2.45) is 0 Å². The third-order valence-corrected chi connectivity index (χ3v) is 8.02. The van der Waals surface area contributed by atoms with Gasteiger partial charge < -0.3 is 9.47 Å². The smallest absolute Gasteiger partial charge is 0.253 e. The van der Waals surface area contributed by atoms with E-state index in [0.717, 1.165) is 17.1 Å². The predicted molar refractivity (Wildman–Crippen MR) is 121 cm³/mol. The van der Waals surface area contributed by atoms with Gasteiger partial charge in [-0.1, -0.05) is 23.7 Å². The second kappa shape index (κ2) is 8.49. The number of hydrogen-bond acceptors (Lipinski definition) is 3. The fraction of sp³-hybridized carbons (Fsp3) is 0.261. The molecule has 31 heavy (non-hydrogen) atoms. The summed E-state index contributed by atoms with van der Waals surface area (Å²) in [5.41, 5.74) is 3.86. The number of aromatic nitrogens is 1. The molecule has 1 aliphatic heterocycles. The zero-order chi connectivity index (χ0) is 22.2. The molecule has 0 radical (unpaired) electrons. The van der Waals surface area contributed by atoms with Crippen molar-refractivity contribution in [1.29, 1.82) is 0 Å². The summed E-state index contributed by atoms with van der Waals surface area (Å²) >= 11 is 6.08. The first-order valence-corrected chi connectivity index (χ1v) is 11.9. The SMILES string of the molecule is Cc1ccc(C)n1-c1ccc(C(=O)N2CCN(S(=O)(=O)c3ccccc3Cl)CC2)cc1. The van der Waals surface area contributed by atoms with Gasteiger partial charge in [-0.05, 0) is 62.4 Å². The molecule has 6 nitrogen and oxygen atoms in total. The molecule has 8 heteroatoms. The highest BCUT2D eigenvalue weighted by molar-refractivity contribution is 7.89. The number of carbonyl (C=O) groups is 1. The van der Waals surface area contributed by atoms with Crippen molar-refractivity contribution >= 4 is 27.5 Å². The number of sulfonamides is 1. The number of halogens is 1. The predicted octanol–water partition coefficient (Wildman–Crippen LogP) is 3.89. The average molecular weight is 458 g/mol. The van der Waals surface area contributed by atoms with E-state index >= 15 is 0 Å². The molecule has 0 atom stereocenters. The van der Waals surface area contributed by atoms with Gasteiger partial charge in [0.25, 0.3) is 5.91 Å². The Morgan fingerprint density at radius 1 is 0.839 bits per heavy atom. The van der Waals surface area contributed by atoms with Crippen molar-refractivity contribution in [1.82, 2.24) is 13.8 Å². The molecule has 0 saturated carbocycles. The average Bonchev–Trinajstić information content (AvgIpc) is 3.11. The van der Waals surface area contributed by atoms with E-state index in [1.54, 1.807) is 23.1 Å². The van der Waals surface area contributed by atoms with E-state index in [1.165, 1.54) is 10.4 Å². The number of amides is 1. The minimum atomic E-state index is -3.68. The van der Waals surface area contributed by atoms with Crippen molar-refractivity contribution in [2.45, 2.75) is 18.7 Å². The molecule has 3 aromatic rings. The highest BCUT2D eigenvalue weighted by atomic mass is 35.5. The van der Waals surface area contributed by atoms with Gasteiger partial charge in [0.2, 0.25) is 10.0 Å². The standard InChI is InChI=1S/C23H24ClN3O3S/c1-17-7-8-18(2)27(17)20-11-9-19(10-12-20)23(28)25-13-15-26(16-14-25)31(29,30)22-6-4-3-5-21(22)24/h3-12H,13-16H2,1-2H3. The van der Waals surface area contributed by atoms with Crippen LogP contribution in [0.4, 0.5) is 0 Å². The lowest BCUT2D eigenvalue weighted by Crippen LogP contribution is -2.50. The van der Waals surface area contributed by atoms with E-state index in [2.05, 4.69) is 16.7 Å². The van der Waals surface area contributed by atoms with Gasteiger partial charge in [-0.3, -0.25) is 4.79 Å². The monoisotopic (exact) mass is 457 g/mol. The Morgan fingerprint density at radius 2 is 1.42 bits per heavy atom. The summed E-state index contributed by atoms with van der Waals surface area (Å²) in [6.45, 7) is 5.23. The first kappa shape index (κ1) is 21.6. The minimum absolute atomic E-state index is 0.0951. The third-order valence-electron chi connectivity index (χ3n) is 5.62. The molecule has 0 spiro atoms. The summed E-state index contributed by atoms with van der Waals surface area (Å²) in [4.78, 5) is 14.7. The first-order chi connectivity index (χ1) is 14.8. The molecule has 0 aliphatic carbocycles. The lowest BCUT2D eigenvalue weighted by Gasteiger charge is -2.34. The molecular weight excluding hydrogens is 434 g/mol. The molecule has 0 N–H and O–H groups in total. The summed E-state index contributed by atoms with van der Waals surface area (Å²) in [6.07, 6.45) is 0. The van der Waals surface area contributed by atoms with E-state index in [4.69, 9.17) is 11.6 Å². The second-order valence-corrected chi connectivity index (χ2v) is 9.94. The lowest BCUT2D eigenvalue weighted by atomic mass is 10.1. The van der Waals surface area contributed by atoms with Gasteiger partial charge in [0.1, 0.15) is 4.90 Å². The van der Waals surface area contributed by atoms with Gasteiger partial charge in [-0.2, -0.15) is 4.31 Å². The van der Waals surface area contributed by atoms with Crippen LogP contribution in [0.3, 0.4) is 0 Å². The zero-order valence-corrected chi connectivity index (χ0v) is 19.0. The van der Waals surface area contributed by atoms with Crippen molar-refractivity contribution < 1.29 is 13.2 Å². The number of aryl methyl sites for hydroxylation is 2. The van der Waals surface area contributed by atoms with Crippen LogP contribution in [0.2, 0.25) is 5.02 Å². The minimum Gasteiger partial charge on any atom is -0.336 e. The largest absolute Gasteiger partial charge is 0.336 e. The van der Waals surface area contributed by atoms with Gasteiger partial charge in [0.05, 0.1) is 5.02 Å². The van der Waals surface area contributed by atoms with Crippen LogP contribution in [0.5, 0.6) is 0 Å². The molecule has 4 rings (SSSR count). The maximum Gasteiger partial charge on any atom is 0.253 e. The number of nitrogens with zero attached hydrogens (tertiary/aromatic N) is 3. The van der Waals surface area contributed by atoms with E-state index < -0.39 is 10.0 Å². The Kier molecular flexibility index (Phi) is 5.92. The maximum absolute atomic E-state index is 12.9. The summed E-state index contributed by atoms with van der Waals surface area (Å²) in [6, 6.07) is 18.1. The summed E-state index contributed by atoms with van der Waals surface area (Å²) in [7, 11) is -3.68. The van der Waals surface area contributed by atoms with Crippen LogP contribution < -0.4 is 0 Å². The zero-order valence-electron chi connectivity index (χ0n) is 17.5. The summed E-state index contributed by atoms with van der Waals surface area (Å²) < 4.78 is 29.3. The molecule has 1 amide bonds. The van der Waals surface area contributed by atoms with E-state index in [9.17, 15) is 13.2 Å². The second-order valence-electron chi connectivity index (χ2n) is 7.63.